The third-order valence-corrected chi connectivity index (χ3v) is 3.00. The quantitative estimate of drug-likeness (QED) is 0.435. The van der Waals surface area contributed by atoms with Gasteiger partial charge >= 0.3 is 0 Å². The summed E-state index contributed by atoms with van der Waals surface area (Å²) in [6, 6.07) is 0. The predicted octanol–water partition coefficient (Wildman–Crippen LogP) is 0.518. The highest BCUT2D eigenvalue weighted by molar-refractivity contribution is 5.81. The molecule has 1 unspecified atom stereocenters. The zero-order valence-corrected chi connectivity index (χ0v) is 8.26. The number of hydrogen-bond donors (Lipinski definition) is 3. The Balaban J connectivity index is 2.60. The Morgan fingerprint density at radius 2 is 2.31 bits per heavy atom. The SMILES string of the molecule is CC(C)(C(=O)NO)C1CCCNC1. The molecular formula is C9H18N2O2. The predicted molar refractivity (Wildman–Crippen MR) is 49.3 cm³/mol. The van der Waals surface area contributed by atoms with Crippen molar-refractivity contribution in [2.45, 2.75) is 26.7 Å². The van der Waals surface area contributed by atoms with Gasteiger partial charge in [0.2, 0.25) is 5.91 Å². The van der Waals surface area contributed by atoms with E-state index >= 15 is 0 Å². The third kappa shape index (κ3) is 2.19. The smallest absolute Gasteiger partial charge is 0.249 e. The maximum Gasteiger partial charge on any atom is 0.249 e. The number of hydrogen-bond acceptors (Lipinski definition) is 3. The second kappa shape index (κ2) is 4.07. The van der Waals surface area contributed by atoms with Gasteiger partial charge in [0.1, 0.15) is 0 Å². The van der Waals surface area contributed by atoms with E-state index in [0.717, 1.165) is 25.9 Å². The first-order valence-corrected chi connectivity index (χ1v) is 4.74. The molecule has 0 aromatic rings. The van der Waals surface area contributed by atoms with E-state index in [0.29, 0.717) is 5.92 Å². The van der Waals surface area contributed by atoms with E-state index < -0.39 is 5.41 Å². The van der Waals surface area contributed by atoms with E-state index in [1.807, 2.05) is 13.8 Å². The third-order valence-electron chi connectivity index (χ3n) is 3.00. The molecule has 1 aliphatic heterocycles. The van der Waals surface area contributed by atoms with Crippen molar-refractivity contribution in [3.8, 4) is 0 Å². The summed E-state index contributed by atoms with van der Waals surface area (Å²) in [5.74, 6) is 0.0228. The van der Waals surface area contributed by atoms with Crippen LogP contribution in [0.5, 0.6) is 0 Å². The summed E-state index contributed by atoms with van der Waals surface area (Å²) in [5, 5.41) is 11.8. The van der Waals surface area contributed by atoms with Gasteiger partial charge in [0.05, 0.1) is 0 Å². The van der Waals surface area contributed by atoms with Gasteiger partial charge in [-0.1, -0.05) is 13.8 Å². The Labute approximate surface area is 78.7 Å². The Kier molecular flexibility index (Phi) is 3.27. The van der Waals surface area contributed by atoms with Gasteiger partial charge in [-0.25, -0.2) is 5.48 Å². The second-order valence-corrected chi connectivity index (χ2v) is 4.21. The molecule has 1 atom stereocenters. The van der Waals surface area contributed by atoms with Gasteiger partial charge in [0.25, 0.3) is 0 Å². The summed E-state index contributed by atoms with van der Waals surface area (Å²) in [6.45, 7) is 5.64. The van der Waals surface area contributed by atoms with Crippen LogP contribution in [0.15, 0.2) is 0 Å². The van der Waals surface area contributed by atoms with Crippen molar-refractivity contribution in [2.24, 2.45) is 11.3 Å². The van der Waals surface area contributed by atoms with Gasteiger partial charge in [-0.3, -0.25) is 10.0 Å². The molecule has 0 radical (unpaired) electrons. The zero-order valence-electron chi connectivity index (χ0n) is 8.26. The molecule has 76 valence electrons. The molecule has 0 aliphatic carbocycles. The van der Waals surface area contributed by atoms with Gasteiger partial charge in [-0.2, -0.15) is 0 Å². The van der Waals surface area contributed by atoms with Crippen LogP contribution < -0.4 is 10.8 Å². The minimum absolute atomic E-state index is 0.291. The van der Waals surface area contributed by atoms with E-state index in [-0.39, 0.29) is 5.91 Å². The van der Waals surface area contributed by atoms with Gasteiger partial charge < -0.3 is 5.32 Å². The number of carbonyl (C=O) groups is 1. The monoisotopic (exact) mass is 186 g/mol. The highest BCUT2D eigenvalue weighted by Crippen LogP contribution is 2.31. The average Bonchev–Trinajstić information content (AvgIpc) is 2.18. The van der Waals surface area contributed by atoms with Crippen LogP contribution in [0.3, 0.4) is 0 Å². The lowest BCUT2D eigenvalue weighted by molar-refractivity contribution is -0.141. The van der Waals surface area contributed by atoms with Crippen molar-refractivity contribution in [1.29, 1.82) is 0 Å². The maximum atomic E-state index is 11.3. The molecule has 1 aliphatic rings. The summed E-state index contributed by atoms with van der Waals surface area (Å²) in [7, 11) is 0. The number of nitrogens with one attached hydrogen (secondary N) is 2. The zero-order chi connectivity index (χ0) is 9.90. The molecule has 0 bridgehead atoms. The standard InChI is InChI=1S/C9H18N2O2/c1-9(2,8(12)11-13)7-4-3-5-10-6-7/h7,10,13H,3-6H2,1-2H3,(H,11,12). The molecule has 0 spiro atoms. The number of carbonyl (C=O) groups excluding carboxylic acids is 1. The Hall–Kier alpha value is -0.610. The number of rotatable bonds is 2. The van der Waals surface area contributed by atoms with Crippen LogP contribution in [0.1, 0.15) is 26.7 Å². The number of amides is 1. The first kappa shape index (κ1) is 10.5. The van der Waals surface area contributed by atoms with Gasteiger partial charge in [-0.15, -0.1) is 0 Å². The molecular weight excluding hydrogens is 168 g/mol. The van der Waals surface area contributed by atoms with E-state index in [1.165, 1.54) is 0 Å². The molecule has 1 fully saturated rings. The average molecular weight is 186 g/mol. The summed E-state index contributed by atoms with van der Waals surface area (Å²) < 4.78 is 0. The fraction of sp³-hybridized carbons (Fsp3) is 0.889. The maximum absolute atomic E-state index is 11.3. The first-order valence-electron chi connectivity index (χ1n) is 4.74. The molecule has 4 heteroatoms. The van der Waals surface area contributed by atoms with Crippen LogP contribution in [0.4, 0.5) is 0 Å². The normalized spacial score (nSPS) is 24.1. The lowest BCUT2D eigenvalue weighted by atomic mass is 9.74. The minimum Gasteiger partial charge on any atom is -0.316 e. The van der Waals surface area contributed by atoms with E-state index in [4.69, 9.17) is 5.21 Å². The molecule has 0 saturated carbocycles. The molecule has 4 nitrogen and oxygen atoms in total. The molecule has 1 rings (SSSR count). The minimum atomic E-state index is -0.484. The lowest BCUT2D eigenvalue weighted by Crippen LogP contribution is -2.46. The van der Waals surface area contributed by atoms with Crippen molar-refractivity contribution < 1.29 is 10.0 Å². The summed E-state index contributed by atoms with van der Waals surface area (Å²) in [5.41, 5.74) is 1.25. The molecule has 0 aromatic heterocycles. The highest BCUT2D eigenvalue weighted by atomic mass is 16.5. The Bertz CT molecular complexity index is 186. The summed E-state index contributed by atoms with van der Waals surface area (Å²) >= 11 is 0. The molecule has 13 heavy (non-hydrogen) atoms. The van der Waals surface area contributed by atoms with Crippen LogP contribution in [0.25, 0.3) is 0 Å². The summed E-state index contributed by atoms with van der Waals surface area (Å²) in [4.78, 5) is 11.3. The van der Waals surface area contributed by atoms with Crippen molar-refractivity contribution in [3.05, 3.63) is 0 Å². The summed E-state index contributed by atoms with van der Waals surface area (Å²) in [6.07, 6.45) is 2.15. The van der Waals surface area contributed by atoms with Crippen LogP contribution >= 0.6 is 0 Å². The van der Waals surface area contributed by atoms with E-state index in [1.54, 1.807) is 5.48 Å². The fourth-order valence-electron chi connectivity index (χ4n) is 1.80. The molecule has 1 saturated heterocycles. The van der Waals surface area contributed by atoms with Gasteiger partial charge in [-0.05, 0) is 31.8 Å². The van der Waals surface area contributed by atoms with Crippen LogP contribution in [0.2, 0.25) is 0 Å². The van der Waals surface area contributed by atoms with Gasteiger partial charge in [0.15, 0.2) is 0 Å². The molecule has 1 heterocycles. The molecule has 3 N–H and O–H groups in total. The second-order valence-electron chi connectivity index (χ2n) is 4.21. The first-order chi connectivity index (χ1) is 6.09. The fourth-order valence-corrected chi connectivity index (χ4v) is 1.80. The van der Waals surface area contributed by atoms with Crippen molar-refractivity contribution in [1.82, 2.24) is 10.8 Å². The van der Waals surface area contributed by atoms with Crippen molar-refractivity contribution >= 4 is 5.91 Å². The van der Waals surface area contributed by atoms with Crippen molar-refractivity contribution in [2.75, 3.05) is 13.1 Å². The highest BCUT2D eigenvalue weighted by Gasteiger charge is 2.36. The lowest BCUT2D eigenvalue weighted by Gasteiger charge is -2.35. The van der Waals surface area contributed by atoms with E-state index in [2.05, 4.69) is 5.32 Å². The Morgan fingerprint density at radius 1 is 1.62 bits per heavy atom. The van der Waals surface area contributed by atoms with Crippen molar-refractivity contribution in [3.63, 3.8) is 0 Å². The van der Waals surface area contributed by atoms with Crippen LogP contribution in [0, 0.1) is 11.3 Å². The number of hydroxylamine groups is 1. The number of piperidine rings is 1. The molecule has 0 aromatic carbocycles. The van der Waals surface area contributed by atoms with Crippen LogP contribution in [-0.2, 0) is 4.79 Å². The van der Waals surface area contributed by atoms with Crippen LogP contribution in [-0.4, -0.2) is 24.2 Å². The topological polar surface area (TPSA) is 61.4 Å². The largest absolute Gasteiger partial charge is 0.316 e. The van der Waals surface area contributed by atoms with E-state index in [9.17, 15) is 4.79 Å². The molecule has 1 amide bonds. The Morgan fingerprint density at radius 3 is 2.77 bits per heavy atom. The van der Waals surface area contributed by atoms with Gasteiger partial charge in [0, 0.05) is 5.41 Å².